The van der Waals surface area contributed by atoms with Crippen LogP contribution in [0.15, 0.2) is 24.3 Å². The van der Waals surface area contributed by atoms with Crippen LogP contribution >= 0.6 is 0 Å². The van der Waals surface area contributed by atoms with Gasteiger partial charge in [0.1, 0.15) is 0 Å². The first kappa shape index (κ1) is 19.2. The Balaban J connectivity index is 2.68. The van der Waals surface area contributed by atoms with Gasteiger partial charge in [-0.25, -0.2) is 0 Å². The molecule has 2 amide bonds. The second-order valence-corrected chi connectivity index (χ2v) is 6.91. The minimum atomic E-state index is -0.740. The number of aliphatic hydroxyl groups excluding tert-OH is 1. The summed E-state index contributed by atoms with van der Waals surface area (Å²) in [7, 11) is 0. The van der Waals surface area contributed by atoms with E-state index in [0.717, 1.165) is 12.0 Å². The molecule has 0 saturated carbocycles. The molecule has 0 heterocycles. The monoisotopic (exact) mass is 320 g/mol. The number of carbonyl (C=O) groups is 2. The molecule has 5 nitrogen and oxygen atoms in total. The average molecular weight is 320 g/mol. The molecular weight excluding hydrogens is 292 g/mol. The standard InChI is InChI=1S/C18H28N2O3/c1-6-12(2)15(21)11-19-16(22)17(23)20-14-10-8-7-9-13(14)18(3,4)5/h7-10,12,15,21H,6,11H2,1-5H3,(H,19,22)(H,20,23). The highest BCUT2D eigenvalue weighted by molar-refractivity contribution is 6.39. The minimum absolute atomic E-state index is 0.0694. The van der Waals surface area contributed by atoms with Crippen molar-refractivity contribution in [3.63, 3.8) is 0 Å². The van der Waals surface area contributed by atoms with Crippen LogP contribution in [0.5, 0.6) is 0 Å². The fraction of sp³-hybridized carbons (Fsp3) is 0.556. The van der Waals surface area contributed by atoms with Crippen LogP contribution in [0.2, 0.25) is 0 Å². The lowest BCUT2D eigenvalue weighted by Crippen LogP contribution is -2.41. The topological polar surface area (TPSA) is 78.4 Å². The van der Waals surface area contributed by atoms with Gasteiger partial charge >= 0.3 is 11.8 Å². The Labute approximate surface area is 138 Å². The molecule has 3 N–H and O–H groups in total. The van der Waals surface area contributed by atoms with Crippen LogP contribution in [0.4, 0.5) is 5.69 Å². The van der Waals surface area contributed by atoms with Gasteiger partial charge in [0.25, 0.3) is 0 Å². The molecule has 0 saturated heterocycles. The summed E-state index contributed by atoms with van der Waals surface area (Å²) in [5.74, 6) is -1.39. The predicted octanol–water partition coefficient (Wildman–Crippen LogP) is 2.45. The largest absolute Gasteiger partial charge is 0.391 e. The molecule has 2 unspecified atom stereocenters. The van der Waals surface area contributed by atoms with E-state index < -0.39 is 17.9 Å². The van der Waals surface area contributed by atoms with Crippen molar-refractivity contribution in [1.82, 2.24) is 5.32 Å². The molecule has 5 heteroatoms. The molecule has 0 aromatic heterocycles. The summed E-state index contributed by atoms with van der Waals surface area (Å²) in [6.07, 6.45) is 0.154. The van der Waals surface area contributed by atoms with Crippen molar-refractivity contribution in [2.45, 2.75) is 52.6 Å². The summed E-state index contributed by atoms with van der Waals surface area (Å²) < 4.78 is 0. The number of hydrogen-bond acceptors (Lipinski definition) is 3. The second-order valence-electron chi connectivity index (χ2n) is 6.91. The van der Waals surface area contributed by atoms with Gasteiger partial charge in [0.2, 0.25) is 0 Å². The van der Waals surface area contributed by atoms with E-state index in [2.05, 4.69) is 10.6 Å². The van der Waals surface area contributed by atoms with E-state index in [1.165, 1.54) is 0 Å². The van der Waals surface area contributed by atoms with Crippen molar-refractivity contribution < 1.29 is 14.7 Å². The Morgan fingerprint density at radius 3 is 2.35 bits per heavy atom. The van der Waals surface area contributed by atoms with Gasteiger partial charge in [-0.2, -0.15) is 0 Å². The fourth-order valence-electron chi connectivity index (χ4n) is 2.18. The van der Waals surface area contributed by atoms with Crippen molar-refractivity contribution in [3.8, 4) is 0 Å². The number of nitrogens with one attached hydrogen (secondary N) is 2. The zero-order valence-electron chi connectivity index (χ0n) is 14.6. The SMILES string of the molecule is CCC(C)C(O)CNC(=O)C(=O)Nc1ccccc1C(C)(C)C. The highest BCUT2D eigenvalue weighted by Crippen LogP contribution is 2.29. The maximum absolute atomic E-state index is 12.0. The van der Waals surface area contributed by atoms with Crippen LogP contribution in [0, 0.1) is 5.92 Å². The highest BCUT2D eigenvalue weighted by atomic mass is 16.3. The first-order valence-electron chi connectivity index (χ1n) is 8.03. The highest BCUT2D eigenvalue weighted by Gasteiger charge is 2.21. The van der Waals surface area contributed by atoms with Crippen LogP contribution in [-0.2, 0) is 15.0 Å². The Hall–Kier alpha value is -1.88. The maximum atomic E-state index is 12.0. The second kappa shape index (κ2) is 8.11. The summed E-state index contributed by atoms with van der Waals surface area (Å²) in [4.78, 5) is 23.9. The number of anilines is 1. The van der Waals surface area contributed by atoms with Crippen LogP contribution in [0.1, 0.15) is 46.6 Å². The van der Waals surface area contributed by atoms with Crippen LogP contribution in [0.3, 0.4) is 0 Å². The number of hydrogen-bond donors (Lipinski definition) is 3. The van der Waals surface area contributed by atoms with Crippen molar-refractivity contribution in [2.75, 3.05) is 11.9 Å². The first-order chi connectivity index (χ1) is 10.7. The van der Waals surface area contributed by atoms with E-state index in [0.29, 0.717) is 5.69 Å². The minimum Gasteiger partial charge on any atom is -0.391 e. The number of carbonyl (C=O) groups excluding carboxylic acids is 2. The van der Waals surface area contributed by atoms with Crippen LogP contribution < -0.4 is 10.6 Å². The molecule has 23 heavy (non-hydrogen) atoms. The first-order valence-corrected chi connectivity index (χ1v) is 8.03. The predicted molar refractivity (Wildman–Crippen MR) is 92.2 cm³/mol. The van der Waals surface area contributed by atoms with E-state index in [1.54, 1.807) is 6.07 Å². The van der Waals surface area contributed by atoms with Gasteiger partial charge in [0.15, 0.2) is 0 Å². The van der Waals surface area contributed by atoms with E-state index >= 15 is 0 Å². The van der Waals surface area contributed by atoms with Crippen molar-refractivity contribution >= 4 is 17.5 Å². The van der Waals surface area contributed by atoms with Gasteiger partial charge in [-0.1, -0.05) is 59.2 Å². The van der Waals surface area contributed by atoms with Crippen LogP contribution in [-0.4, -0.2) is 29.6 Å². The van der Waals surface area contributed by atoms with Gasteiger partial charge in [-0.15, -0.1) is 0 Å². The molecule has 0 radical (unpaired) electrons. The Morgan fingerprint density at radius 1 is 1.17 bits per heavy atom. The van der Waals surface area contributed by atoms with Gasteiger partial charge in [-0.3, -0.25) is 9.59 Å². The Kier molecular flexibility index (Phi) is 6.76. The van der Waals surface area contributed by atoms with Crippen LogP contribution in [0.25, 0.3) is 0 Å². The quantitative estimate of drug-likeness (QED) is 0.729. The van der Waals surface area contributed by atoms with Gasteiger partial charge < -0.3 is 15.7 Å². The fourth-order valence-corrected chi connectivity index (χ4v) is 2.18. The lowest BCUT2D eigenvalue weighted by atomic mass is 9.86. The van der Waals surface area contributed by atoms with E-state index in [4.69, 9.17) is 0 Å². The smallest absolute Gasteiger partial charge is 0.313 e. The molecular formula is C18H28N2O3. The molecule has 0 spiro atoms. The molecule has 0 fully saturated rings. The van der Waals surface area contributed by atoms with Gasteiger partial charge in [0.05, 0.1) is 6.10 Å². The zero-order valence-corrected chi connectivity index (χ0v) is 14.6. The lowest BCUT2D eigenvalue weighted by Gasteiger charge is -2.23. The zero-order chi connectivity index (χ0) is 17.6. The third-order valence-electron chi connectivity index (χ3n) is 3.96. The van der Waals surface area contributed by atoms with E-state index in [1.807, 2.05) is 52.8 Å². The number of para-hydroxylation sites is 1. The number of amides is 2. The lowest BCUT2D eigenvalue weighted by molar-refractivity contribution is -0.136. The molecule has 0 bridgehead atoms. The molecule has 0 aliphatic rings. The molecule has 1 aromatic carbocycles. The molecule has 128 valence electrons. The number of rotatable bonds is 5. The summed E-state index contributed by atoms with van der Waals surface area (Å²) in [6, 6.07) is 7.42. The van der Waals surface area contributed by atoms with Crippen molar-refractivity contribution in [1.29, 1.82) is 0 Å². The normalized spacial score (nSPS) is 14.0. The molecule has 2 atom stereocenters. The summed E-state index contributed by atoms with van der Waals surface area (Å²) in [5, 5.41) is 15.0. The third-order valence-corrected chi connectivity index (χ3v) is 3.96. The summed E-state index contributed by atoms with van der Waals surface area (Å²) >= 11 is 0. The maximum Gasteiger partial charge on any atom is 0.313 e. The third kappa shape index (κ3) is 5.67. The number of aliphatic hydroxyl groups is 1. The molecule has 1 rings (SSSR count). The van der Waals surface area contributed by atoms with Crippen molar-refractivity contribution in [2.24, 2.45) is 5.92 Å². The average Bonchev–Trinajstić information content (AvgIpc) is 2.50. The van der Waals surface area contributed by atoms with Gasteiger partial charge in [-0.05, 0) is 23.0 Å². The summed E-state index contributed by atoms with van der Waals surface area (Å²) in [5.41, 5.74) is 1.44. The van der Waals surface area contributed by atoms with E-state index in [9.17, 15) is 14.7 Å². The molecule has 0 aliphatic heterocycles. The Morgan fingerprint density at radius 2 is 1.78 bits per heavy atom. The summed E-state index contributed by atoms with van der Waals surface area (Å²) in [6.45, 7) is 10.1. The van der Waals surface area contributed by atoms with E-state index in [-0.39, 0.29) is 17.9 Å². The number of benzene rings is 1. The Bertz CT molecular complexity index is 549. The van der Waals surface area contributed by atoms with Gasteiger partial charge in [0, 0.05) is 12.2 Å². The van der Waals surface area contributed by atoms with Crippen molar-refractivity contribution in [3.05, 3.63) is 29.8 Å². The molecule has 0 aliphatic carbocycles. The molecule has 1 aromatic rings.